The van der Waals surface area contributed by atoms with Gasteiger partial charge in [0, 0.05) is 0 Å². The van der Waals surface area contributed by atoms with E-state index in [-0.39, 0.29) is 5.97 Å². The zero-order valence-corrected chi connectivity index (χ0v) is 12.9. The summed E-state index contributed by atoms with van der Waals surface area (Å²) in [5.74, 6) is -0.336. The van der Waals surface area contributed by atoms with Crippen LogP contribution in [0.15, 0.2) is 24.3 Å². The van der Waals surface area contributed by atoms with Crippen molar-refractivity contribution in [3.8, 4) is 0 Å². The third-order valence-corrected chi connectivity index (χ3v) is 3.51. The van der Waals surface area contributed by atoms with Crippen LogP contribution in [0.5, 0.6) is 0 Å². The second-order valence-electron chi connectivity index (χ2n) is 5.41. The summed E-state index contributed by atoms with van der Waals surface area (Å²) in [7, 11) is 0. The van der Waals surface area contributed by atoms with E-state index < -0.39 is 12.0 Å². The lowest BCUT2D eigenvalue weighted by Crippen LogP contribution is -2.24. The number of carbonyl (C=O) groups is 1. The molecule has 2 atom stereocenters. The quantitative estimate of drug-likeness (QED) is 0.771. The van der Waals surface area contributed by atoms with Crippen LogP contribution in [0, 0.1) is 5.92 Å². The number of hydrogen-bond donors (Lipinski definition) is 1. The Bertz CT molecular complexity index is 409. The van der Waals surface area contributed by atoms with Gasteiger partial charge in [-0.1, -0.05) is 51.5 Å². The lowest BCUT2D eigenvalue weighted by molar-refractivity contribution is -0.152. The van der Waals surface area contributed by atoms with Crippen LogP contribution in [-0.4, -0.2) is 17.7 Å². The number of benzene rings is 1. The predicted octanol–water partition coefficient (Wildman–Crippen LogP) is 3.82. The van der Waals surface area contributed by atoms with Gasteiger partial charge in [0.15, 0.2) is 0 Å². The van der Waals surface area contributed by atoms with Crippen LogP contribution in [0.3, 0.4) is 0 Å². The Morgan fingerprint density at radius 2 is 1.70 bits per heavy atom. The number of esters is 1. The van der Waals surface area contributed by atoms with Gasteiger partial charge in [-0.3, -0.25) is 4.79 Å². The molecule has 20 heavy (non-hydrogen) atoms. The summed E-state index contributed by atoms with van der Waals surface area (Å²) in [6, 6.07) is 7.83. The van der Waals surface area contributed by atoms with E-state index in [1.807, 2.05) is 31.2 Å². The Hall–Kier alpha value is -1.35. The van der Waals surface area contributed by atoms with E-state index in [2.05, 4.69) is 13.8 Å². The van der Waals surface area contributed by atoms with Gasteiger partial charge >= 0.3 is 5.97 Å². The van der Waals surface area contributed by atoms with Crippen LogP contribution >= 0.6 is 0 Å². The molecule has 1 aromatic carbocycles. The first kappa shape index (κ1) is 16.7. The van der Waals surface area contributed by atoms with E-state index in [0.717, 1.165) is 12.0 Å². The van der Waals surface area contributed by atoms with E-state index >= 15 is 0 Å². The normalized spacial score (nSPS) is 14.1. The lowest BCUT2D eigenvalue weighted by atomic mass is 9.90. The van der Waals surface area contributed by atoms with Crippen molar-refractivity contribution >= 4 is 5.97 Å². The van der Waals surface area contributed by atoms with Gasteiger partial charge < -0.3 is 9.84 Å². The van der Waals surface area contributed by atoms with Gasteiger partial charge in [0.1, 0.15) is 0 Å². The van der Waals surface area contributed by atoms with Crippen molar-refractivity contribution in [1.29, 1.82) is 0 Å². The van der Waals surface area contributed by atoms with Crippen LogP contribution in [0.2, 0.25) is 0 Å². The number of aliphatic hydroxyl groups is 1. The molecule has 0 spiro atoms. The summed E-state index contributed by atoms with van der Waals surface area (Å²) in [6.45, 7) is 8.39. The van der Waals surface area contributed by atoms with Gasteiger partial charge in [0.2, 0.25) is 0 Å². The molecule has 0 aliphatic rings. The van der Waals surface area contributed by atoms with Crippen LogP contribution in [0.4, 0.5) is 0 Å². The average Bonchev–Trinajstić information content (AvgIpc) is 2.44. The summed E-state index contributed by atoms with van der Waals surface area (Å²) in [5.41, 5.74) is 2.00. The van der Waals surface area contributed by atoms with Crippen LogP contribution < -0.4 is 0 Å². The maximum absolute atomic E-state index is 11.9. The van der Waals surface area contributed by atoms with Crippen molar-refractivity contribution in [3.63, 3.8) is 0 Å². The molecule has 2 unspecified atom stereocenters. The molecule has 1 aromatic rings. The Morgan fingerprint density at radius 1 is 1.15 bits per heavy atom. The van der Waals surface area contributed by atoms with E-state index in [0.29, 0.717) is 18.9 Å². The van der Waals surface area contributed by atoms with Crippen molar-refractivity contribution in [1.82, 2.24) is 0 Å². The third kappa shape index (κ3) is 4.34. The lowest BCUT2D eigenvalue weighted by Gasteiger charge is -2.21. The third-order valence-electron chi connectivity index (χ3n) is 3.51. The SMILES string of the molecule is CCCC(C(=O)OCC)C(O)c1ccc(C(C)C)cc1. The zero-order chi connectivity index (χ0) is 15.1. The largest absolute Gasteiger partial charge is 0.466 e. The first-order valence-electron chi connectivity index (χ1n) is 7.45. The second kappa shape index (κ2) is 8.05. The molecule has 0 aliphatic heterocycles. The molecular formula is C17H26O3. The zero-order valence-electron chi connectivity index (χ0n) is 12.9. The summed E-state index contributed by atoms with van der Waals surface area (Å²) in [5, 5.41) is 10.4. The molecule has 0 heterocycles. The van der Waals surface area contributed by atoms with Gasteiger partial charge in [-0.05, 0) is 30.4 Å². The summed E-state index contributed by atoms with van der Waals surface area (Å²) in [6.07, 6.45) is 0.673. The van der Waals surface area contributed by atoms with Gasteiger partial charge in [-0.15, -0.1) is 0 Å². The topological polar surface area (TPSA) is 46.5 Å². The molecule has 0 saturated heterocycles. The molecule has 0 radical (unpaired) electrons. The fourth-order valence-corrected chi connectivity index (χ4v) is 2.28. The van der Waals surface area contributed by atoms with E-state index in [1.54, 1.807) is 6.92 Å². The highest BCUT2D eigenvalue weighted by atomic mass is 16.5. The highest BCUT2D eigenvalue weighted by molar-refractivity contribution is 5.73. The molecule has 0 saturated carbocycles. The molecule has 0 bridgehead atoms. The molecule has 0 amide bonds. The molecule has 0 fully saturated rings. The molecule has 1 N–H and O–H groups in total. The standard InChI is InChI=1S/C17H26O3/c1-5-7-15(17(19)20-6-2)16(18)14-10-8-13(9-11-14)12(3)4/h8-12,15-16,18H,5-7H2,1-4H3. The minimum absolute atomic E-state index is 0.310. The molecular weight excluding hydrogens is 252 g/mol. The summed E-state index contributed by atoms with van der Waals surface area (Å²) >= 11 is 0. The summed E-state index contributed by atoms with van der Waals surface area (Å²) in [4.78, 5) is 11.9. The maximum atomic E-state index is 11.9. The van der Waals surface area contributed by atoms with Crippen LogP contribution in [-0.2, 0) is 9.53 Å². The highest BCUT2D eigenvalue weighted by Gasteiger charge is 2.28. The first-order valence-corrected chi connectivity index (χ1v) is 7.45. The predicted molar refractivity (Wildman–Crippen MR) is 80.5 cm³/mol. The molecule has 112 valence electrons. The molecule has 3 nitrogen and oxygen atoms in total. The fourth-order valence-electron chi connectivity index (χ4n) is 2.28. The van der Waals surface area contributed by atoms with Gasteiger partial charge in [-0.2, -0.15) is 0 Å². The van der Waals surface area contributed by atoms with E-state index in [1.165, 1.54) is 5.56 Å². The number of hydrogen-bond acceptors (Lipinski definition) is 3. The minimum atomic E-state index is -0.796. The first-order chi connectivity index (χ1) is 9.51. The average molecular weight is 278 g/mol. The molecule has 0 aliphatic carbocycles. The van der Waals surface area contributed by atoms with Gasteiger partial charge in [-0.25, -0.2) is 0 Å². The molecule has 1 rings (SSSR count). The molecule has 0 aromatic heterocycles. The maximum Gasteiger partial charge on any atom is 0.311 e. The van der Waals surface area contributed by atoms with E-state index in [9.17, 15) is 9.90 Å². The Morgan fingerprint density at radius 3 is 2.15 bits per heavy atom. The van der Waals surface area contributed by atoms with Crippen molar-refractivity contribution in [2.75, 3.05) is 6.61 Å². The number of rotatable bonds is 7. The van der Waals surface area contributed by atoms with E-state index in [4.69, 9.17) is 4.74 Å². The van der Waals surface area contributed by atoms with Gasteiger partial charge in [0.25, 0.3) is 0 Å². The van der Waals surface area contributed by atoms with Crippen molar-refractivity contribution < 1.29 is 14.6 Å². The second-order valence-corrected chi connectivity index (χ2v) is 5.41. The summed E-state index contributed by atoms with van der Waals surface area (Å²) < 4.78 is 5.06. The monoisotopic (exact) mass is 278 g/mol. The Kier molecular flexibility index (Phi) is 6.73. The van der Waals surface area contributed by atoms with Crippen molar-refractivity contribution in [2.45, 2.75) is 52.6 Å². The minimum Gasteiger partial charge on any atom is -0.466 e. The Labute approximate surface area is 122 Å². The van der Waals surface area contributed by atoms with Crippen molar-refractivity contribution in [3.05, 3.63) is 35.4 Å². The number of ether oxygens (including phenoxy) is 1. The smallest absolute Gasteiger partial charge is 0.311 e. The van der Waals surface area contributed by atoms with Crippen molar-refractivity contribution in [2.24, 2.45) is 5.92 Å². The van der Waals surface area contributed by atoms with Gasteiger partial charge in [0.05, 0.1) is 18.6 Å². The highest BCUT2D eigenvalue weighted by Crippen LogP contribution is 2.28. The van der Waals surface area contributed by atoms with Crippen LogP contribution in [0.25, 0.3) is 0 Å². The number of carbonyl (C=O) groups excluding carboxylic acids is 1. The van der Waals surface area contributed by atoms with Crippen LogP contribution in [0.1, 0.15) is 63.7 Å². The fraction of sp³-hybridized carbons (Fsp3) is 0.588. The Balaban J connectivity index is 2.87. The number of aliphatic hydroxyl groups excluding tert-OH is 1. The molecule has 3 heteroatoms.